The number of hydrogen-bond acceptors (Lipinski definition) is 4. The Hall–Kier alpha value is -0.680. The van der Waals surface area contributed by atoms with Gasteiger partial charge in [0, 0.05) is 17.6 Å². The van der Waals surface area contributed by atoms with E-state index in [9.17, 15) is 16.8 Å². The van der Waals surface area contributed by atoms with E-state index in [0.717, 1.165) is 4.31 Å². The van der Waals surface area contributed by atoms with Gasteiger partial charge >= 0.3 is 10.2 Å². The smallest absolute Gasteiger partial charge is 0.270 e. The minimum Gasteiger partial charge on any atom is -0.270 e. The van der Waals surface area contributed by atoms with Crippen LogP contribution in [0.15, 0.2) is 27.6 Å². The van der Waals surface area contributed by atoms with Crippen molar-refractivity contribution < 1.29 is 16.8 Å². The highest BCUT2D eigenvalue weighted by molar-refractivity contribution is 9.10. The molecule has 0 spiro atoms. The molecule has 10 heteroatoms. The molecule has 114 valence electrons. The monoisotopic (exact) mass is 385 g/mol. The molecule has 20 heavy (non-hydrogen) atoms. The highest BCUT2D eigenvalue weighted by Crippen LogP contribution is 2.26. The summed E-state index contributed by atoms with van der Waals surface area (Å²) in [6, 6.07) is 3.58. The lowest BCUT2D eigenvalue weighted by molar-refractivity contribution is 0.414. The summed E-state index contributed by atoms with van der Waals surface area (Å²) < 4.78 is 50.2. The number of primary sulfonamides is 1. The van der Waals surface area contributed by atoms with Gasteiger partial charge in [-0.15, -0.1) is 0 Å². The maximum atomic E-state index is 12.0. The molecule has 1 aromatic rings. The average Bonchev–Trinajstić information content (AvgIpc) is 2.29. The normalized spacial score (nSPS) is 12.9. The second kappa shape index (κ2) is 5.98. The number of nitrogens with zero attached hydrogens (tertiary/aromatic N) is 1. The van der Waals surface area contributed by atoms with Crippen molar-refractivity contribution in [2.45, 2.75) is 24.8 Å². The number of rotatable bonds is 5. The lowest BCUT2D eigenvalue weighted by atomic mass is 10.3. The minimum atomic E-state index is -3.83. The zero-order valence-electron chi connectivity index (χ0n) is 11.2. The zero-order chi connectivity index (χ0) is 15.7. The molecule has 0 bridgehead atoms. The summed E-state index contributed by atoms with van der Waals surface area (Å²) in [6.07, 6.45) is 0. The summed E-state index contributed by atoms with van der Waals surface area (Å²) in [6.45, 7) is 3.47. The summed E-state index contributed by atoms with van der Waals surface area (Å²) >= 11 is 3.11. The van der Waals surface area contributed by atoms with E-state index in [1.807, 2.05) is 0 Å². The third-order valence-corrected chi connectivity index (χ3v) is 5.84. The average molecular weight is 386 g/mol. The number of hydrogen-bond donors (Lipinski definition) is 2. The summed E-state index contributed by atoms with van der Waals surface area (Å²) in [5.41, 5.74) is 0.227. The van der Waals surface area contributed by atoms with Gasteiger partial charge in [0.1, 0.15) is 0 Å². The SMILES string of the molecule is CC(C)N(C)S(=O)(=O)Nc1ccc(S(N)(=O)=O)cc1Br. The first-order valence-electron chi connectivity index (χ1n) is 5.53. The van der Waals surface area contributed by atoms with E-state index in [0.29, 0.717) is 0 Å². The third-order valence-electron chi connectivity index (χ3n) is 2.61. The Kier molecular flexibility index (Phi) is 5.19. The van der Waals surface area contributed by atoms with Gasteiger partial charge in [-0.3, -0.25) is 4.72 Å². The largest absolute Gasteiger partial charge is 0.301 e. The van der Waals surface area contributed by atoms with Crippen LogP contribution in [-0.2, 0) is 20.2 Å². The highest BCUT2D eigenvalue weighted by Gasteiger charge is 2.21. The van der Waals surface area contributed by atoms with E-state index in [-0.39, 0.29) is 21.1 Å². The third kappa shape index (κ3) is 4.16. The van der Waals surface area contributed by atoms with Crippen LogP contribution in [0.3, 0.4) is 0 Å². The van der Waals surface area contributed by atoms with Gasteiger partial charge in [0.05, 0.1) is 10.6 Å². The quantitative estimate of drug-likeness (QED) is 0.790. The van der Waals surface area contributed by atoms with Crippen LogP contribution in [-0.4, -0.2) is 34.2 Å². The van der Waals surface area contributed by atoms with Crippen molar-refractivity contribution in [2.24, 2.45) is 5.14 Å². The predicted octanol–water partition coefficient (Wildman–Crippen LogP) is 1.09. The van der Waals surface area contributed by atoms with Crippen LogP contribution < -0.4 is 9.86 Å². The Morgan fingerprint density at radius 1 is 1.25 bits per heavy atom. The molecule has 0 amide bonds. The van der Waals surface area contributed by atoms with Gasteiger partial charge in [-0.05, 0) is 48.0 Å². The first-order valence-corrected chi connectivity index (χ1v) is 9.31. The lowest BCUT2D eigenvalue weighted by Gasteiger charge is -2.22. The van der Waals surface area contributed by atoms with Gasteiger partial charge in [0.25, 0.3) is 0 Å². The van der Waals surface area contributed by atoms with Crippen LogP contribution in [0, 0.1) is 0 Å². The van der Waals surface area contributed by atoms with Gasteiger partial charge in [0.15, 0.2) is 0 Å². The Bertz CT molecular complexity index is 701. The predicted molar refractivity (Wildman–Crippen MR) is 81.0 cm³/mol. The number of nitrogens with one attached hydrogen (secondary N) is 1. The Balaban J connectivity index is 3.13. The van der Waals surface area contributed by atoms with Crippen molar-refractivity contribution in [1.29, 1.82) is 0 Å². The van der Waals surface area contributed by atoms with Crippen molar-refractivity contribution in [3.05, 3.63) is 22.7 Å². The van der Waals surface area contributed by atoms with E-state index in [1.165, 1.54) is 25.2 Å². The highest BCUT2D eigenvalue weighted by atomic mass is 79.9. The fraction of sp³-hybridized carbons (Fsp3) is 0.400. The van der Waals surface area contributed by atoms with Crippen LogP contribution in [0.4, 0.5) is 5.69 Å². The zero-order valence-corrected chi connectivity index (χ0v) is 14.4. The van der Waals surface area contributed by atoms with Gasteiger partial charge in [-0.1, -0.05) is 0 Å². The number of halogens is 1. The maximum absolute atomic E-state index is 12.0. The molecule has 0 aliphatic heterocycles. The van der Waals surface area contributed by atoms with E-state index in [4.69, 9.17) is 5.14 Å². The molecule has 0 aliphatic carbocycles. The summed E-state index contributed by atoms with van der Waals surface area (Å²) in [7, 11) is -6.10. The van der Waals surface area contributed by atoms with Gasteiger partial charge in [0.2, 0.25) is 10.0 Å². The fourth-order valence-corrected chi connectivity index (χ4v) is 3.70. The van der Waals surface area contributed by atoms with E-state index >= 15 is 0 Å². The first-order chi connectivity index (χ1) is 8.95. The fourth-order valence-electron chi connectivity index (χ4n) is 1.24. The molecule has 0 saturated carbocycles. The molecule has 0 fully saturated rings. The van der Waals surface area contributed by atoms with Crippen LogP contribution in [0.1, 0.15) is 13.8 Å². The second-order valence-corrected chi connectivity index (χ2v) is 8.55. The van der Waals surface area contributed by atoms with Crippen molar-refractivity contribution in [3.8, 4) is 0 Å². The van der Waals surface area contributed by atoms with Gasteiger partial charge < -0.3 is 0 Å². The molecule has 0 atom stereocenters. The molecule has 0 unspecified atom stereocenters. The van der Waals surface area contributed by atoms with Crippen molar-refractivity contribution >= 4 is 41.8 Å². The molecule has 0 saturated heterocycles. The topological polar surface area (TPSA) is 110 Å². The van der Waals surface area contributed by atoms with Crippen molar-refractivity contribution in [3.63, 3.8) is 0 Å². The summed E-state index contributed by atoms with van der Waals surface area (Å²) in [5.74, 6) is 0. The maximum Gasteiger partial charge on any atom is 0.301 e. The Morgan fingerprint density at radius 3 is 2.20 bits per heavy atom. The van der Waals surface area contributed by atoms with Crippen LogP contribution in [0.2, 0.25) is 0 Å². The van der Waals surface area contributed by atoms with Crippen molar-refractivity contribution in [1.82, 2.24) is 4.31 Å². The molecule has 7 nitrogen and oxygen atoms in total. The van der Waals surface area contributed by atoms with Gasteiger partial charge in [-0.25, -0.2) is 13.6 Å². The van der Waals surface area contributed by atoms with E-state index in [1.54, 1.807) is 13.8 Å². The van der Waals surface area contributed by atoms with Crippen molar-refractivity contribution in [2.75, 3.05) is 11.8 Å². The number of sulfonamides is 1. The lowest BCUT2D eigenvalue weighted by Crippen LogP contribution is -2.37. The number of nitrogens with two attached hydrogens (primary N) is 1. The van der Waals surface area contributed by atoms with Crippen LogP contribution >= 0.6 is 15.9 Å². The molecular formula is C10H16BrN3O4S2. The molecule has 0 heterocycles. The molecule has 0 radical (unpaired) electrons. The van der Waals surface area contributed by atoms with Crippen LogP contribution in [0.5, 0.6) is 0 Å². The summed E-state index contributed by atoms with van der Waals surface area (Å²) in [5, 5.41) is 5.00. The van der Waals surface area contributed by atoms with Crippen LogP contribution in [0.25, 0.3) is 0 Å². The number of anilines is 1. The minimum absolute atomic E-state index is 0.107. The van der Waals surface area contributed by atoms with E-state index < -0.39 is 20.2 Å². The molecule has 0 aliphatic rings. The second-order valence-electron chi connectivity index (χ2n) is 4.40. The standard InChI is InChI=1S/C10H16BrN3O4S2/c1-7(2)14(3)20(17,18)13-10-5-4-8(6-9(10)11)19(12,15)16/h4-7,13H,1-3H3,(H2,12,15,16). The Labute approximate surface area is 127 Å². The van der Waals surface area contributed by atoms with E-state index in [2.05, 4.69) is 20.7 Å². The Morgan fingerprint density at radius 2 is 1.80 bits per heavy atom. The summed E-state index contributed by atoms with van der Waals surface area (Å²) in [4.78, 5) is -0.107. The molecule has 1 aromatic carbocycles. The molecule has 0 aromatic heterocycles. The van der Waals surface area contributed by atoms with Gasteiger partial charge in [-0.2, -0.15) is 12.7 Å². The first kappa shape index (κ1) is 17.4. The molecule has 3 N–H and O–H groups in total. The molecule has 1 rings (SSSR count). The molecular weight excluding hydrogens is 370 g/mol. The number of benzene rings is 1.